The lowest BCUT2D eigenvalue weighted by Gasteiger charge is -2.29. The van der Waals surface area contributed by atoms with E-state index in [-0.39, 0.29) is 6.04 Å². The molecular weight excluding hydrogens is 285 g/mol. The van der Waals surface area contributed by atoms with Crippen molar-refractivity contribution in [3.05, 3.63) is 0 Å². The summed E-state index contributed by atoms with van der Waals surface area (Å²) in [7, 11) is 0. The van der Waals surface area contributed by atoms with Gasteiger partial charge in [-0.3, -0.25) is 0 Å². The number of hydrogen-bond donors (Lipinski definition) is 3. The maximum Gasteiger partial charge on any atom is 0.422 e. The lowest BCUT2D eigenvalue weighted by atomic mass is 10.0. The first-order chi connectivity index (χ1) is 8.54. The van der Waals surface area contributed by atoms with Gasteiger partial charge in [0.25, 0.3) is 0 Å². The summed E-state index contributed by atoms with van der Waals surface area (Å²) in [5, 5.41) is 12.3. The molecule has 0 bridgehead atoms. The number of amides is 2. The maximum absolute atomic E-state index is 12.6. The van der Waals surface area contributed by atoms with E-state index >= 15 is 0 Å². The van der Waals surface area contributed by atoms with Crippen molar-refractivity contribution in [1.82, 2.24) is 10.6 Å². The van der Waals surface area contributed by atoms with E-state index in [9.17, 15) is 22.8 Å². The van der Waals surface area contributed by atoms with E-state index in [1.54, 1.807) is 6.92 Å². The van der Waals surface area contributed by atoms with E-state index in [1.165, 1.54) is 17.1 Å². The Morgan fingerprint density at radius 3 is 2.26 bits per heavy atom. The van der Waals surface area contributed by atoms with E-state index < -0.39 is 23.7 Å². The van der Waals surface area contributed by atoms with Crippen LogP contribution in [0.15, 0.2) is 0 Å². The molecule has 2 amide bonds. The molecule has 0 fully saturated rings. The number of urea groups is 1. The van der Waals surface area contributed by atoms with Crippen LogP contribution in [0.25, 0.3) is 0 Å². The molecule has 0 aliphatic carbocycles. The summed E-state index contributed by atoms with van der Waals surface area (Å²) in [5.41, 5.74) is -3.31. The highest BCUT2D eigenvalue weighted by molar-refractivity contribution is 7.99. The Balaban J connectivity index is 4.63. The van der Waals surface area contributed by atoms with Crippen molar-refractivity contribution in [2.24, 2.45) is 0 Å². The van der Waals surface area contributed by atoms with Gasteiger partial charge in [-0.2, -0.15) is 24.9 Å². The first-order valence-corrected chi connectivity index (χ1v) is 6.66. The number of hydrogen-bond acceptors (Lipinski definition) is 3. The van der Waals surface area contributed by atoms with Gasteiger partial charge in [-0.15, -0.1) is 0 Å². The van der Waals surface area contributed by atoms with Gasteiger partial charge in [-0.1, -0.05) is 6.92 Å². The van der Waals surface area contributed by atoms with Crippen molar-refractivity contribution in [2.75, 3.05) is 11.5 Å². The van der Waals surface area contributed by atoms with E-state index in [4.69, 9.17) is 5.11 Å². The molecule has 0 saturated carbocycles. The zero-order valence-electron chi connectivity index (χ0n) is 10.8. The van der Waals surface area contributed by atoms with Crippen LogP contribution in [0.1, 0.15) is 20.8 Å². The number of carbonyl (C=O) groups is 2. The Labute approximate surface area is 113 Å². The second-order valence-electron chi connectivity index (χ2n) is 4.09. The van der Waals surface area contributed by atoms with Crippen LogP contribution in [-0.4, -0.2) is 46.4 Å². The third kappa shape index (κ3) is 5.17. The summed E-state index contributed by atoms with van der Waals surface area (Å²) in [6, 6.07) is -1.53. The fourth-order valence-corrected chi connectivity index (χ4v) is 1.74. The molecule has 2 unspecified atom stereocenters. The molecule has 9 heteroatoms. The molecule has 0 aromatic heterocycles. The molecule has 5 nitrogen and oxygen atoms in total. The van der Waals surface area contributed by atoms with Crippen LogP contribution in [-0.2, 0) is 4.79 Å². The van der Waals surface area contributed by atoms with Crippen molar-refractivity contribution >= 4 is 23.8 Å². The predicted molar refractivity (Wildman–Crippen MR) is 66.2 cm³/mol. The summed E-state index contributed by atoms with van der Waals surface area (Å²) >= 11 is 1.51. The zero-order chi connectivity index (χ0) is 15.3. The molecule has 0 rings (SSSR count). The van der Waals surface area contributed by atoms with Crippen LogP contribution < -0.4 is 10.6 Å². The van der Waals surface area contributed by atoms with Crippen molar-refractivity contribution in [2.45, 2.75) is 38.5 Å². The number of aliphatic carboxylic acids is 1. The van der Waals surface area contributed by atoms with Crippen LogP contribution in [0.2, 0.25) is 0 Å². The Hall–Kier alpha value is -1.12. The number of halogens is 3. The zero-order valence-corrected chi connectivity index (χ0v) is 11.6. The second-order valence-corrected chi connectivity index (χ2v) is 5.41. The van der Waals surface area contributed by atoms with Crippen LogP contribution in [0, 0.1) is 0 Å². The Bertz CT molecular complexity index is 338. The van der Waals surface area contributed by atoms with E-state index in [0.717, 1.165) is 5.75 Å². The SMILES string of the molecule is CCSCC(C)NC(=O)NC(C)(C(=O)O)C(F)(F)F. The number of rotatable bonds is 6. The number of nitrogens with one attached hydrogen (secondary N) is 2. The molecule has 3 N–H and O–H groups in total. The first-order valence-electron chi connectivity index (χ1n) is 5.51. The molecule has 112 valence electrons. The average molecular weight is 302 g/mol. The smallest absolute Gasteiger partial charge is 0.422 e. The molecule has 0 aliphatic heterocycles. The first kappa shape index (κ1) is 17.9. The summed E-state index contributed by atoms with van der Waals surface area (Å²) in [6.07, 6.45) is -5.09. The summed E-state index contributed by atoms with van der Waals surface area (Å²) in [5.74, 6) is -0.825. The van der Waals surface area contributed by atoms with Gasteiger partial charge in [0.15, 0.2) is 0 Å². The highest BCUT2D eigenvalue weighted by Crippen LogP contribution is 2.30. The van der Waals surface area contributed by atoms with Crippen LogP contribution in [0.5, 0.6) is 0 Å². The van der Waals surface area contributed by atoms with Gasteiger partial charge >= 0.3 is 18.2 Å². The number of carboxylic acid groups (broad SMARTS) is 1. The molecule has 0 aromatic rings. The monoisotopic (exact) mass is 302 g/mol. The van der Waals surface area contributed by atoms with Crippen molar-refractivity contribution < 1.29 is 27.9 Å². The van der Waals surface area contributed by atoms with Crippen LogP contribution in [0.3, 0.4) is 0 Å². The number of thioether (sulfide) groups is 1. The largest absolute Gasteiger partial charge is 0.479 e. The average Bonchev–Trinajstić information content (AvgIpc) is 2.24. The minimum absolute atomic E-state index is 0.365. The van der Waals surface area contributed by atoms with Crippen LogP contribution >= 0.6 is 11.8 Å². The standard InChI is InChI=1S/C10H17F3N2O3S/c1-4-19-5-6(2)14-8(18)15-9(3,7(16)17)10(11,12)13/h6H,4-5H2,1-3H3,(H,16,17)(H2,14,15,18). The molecule has 0 radical (unpaired) electrons. The maximum atomic E-state index is 12.6. The van der Waals surface area contributed by atoms with Gasteiger partial charge < -0.3 is 15.7 Å². The molecular formula is C10H17F3N2O3S. The lowest BCUT2D eigenvalue weighted by Crippen LogP contribution is -2.64. The Morgan fingerprint density at radius 1 is 1.37 bits per heavy atom. The molecule has 0 spiro atoms. The fraction of sp³-hybridized carbons (Fsp3) is 0.800. The third-order valence-electron chi connectivity index (χ3n) is 2.31. The van der Waals surface area contributed by atoms with Crippen LogP contribution in [0.4, 0.5) is 18.0 Å². The number of carbonyl (C=O) groups excluding carboxylic acids is 1. The predicted octanol–water partition coefficient (Wildman–Crippen LogP) is 1.83. The highest BCUT2D eigenvalue weighted by atomic mass is 32.2. The fourth-order valence-electron chi connectivity index (χ4n) is 1.07. The Morgan fingerprint density at radius 2 is 1.89 bits per heavy atom. The quantitative estimate of drug-likeness (QED) is 0.699. The number of alkyl halides is 3. The lowest BCUT2D eigenvalue weighted by molar-refractivity contribution is -0.203. The minimum Gasteiger partial charge on any atom is -0.479 e. The van der Waals surface area contributed by atoms with Gasteiger partial charge in [-0.25, -0.2) is 9.59 Å². The molecule has 2 atom stereocenters. The third-order valence-corrected chi connectivity index (χ3v) is 3.45. The van der Waals surface area contributed by atoms with Gasteiger partial charge in [0, 0.05) is 11.8 Å². The molecule has 0 aliphatic rings. The van der Waals surface area contributed by atoms with Crippen molar-refractivity contribution in [3.8, 4) is 0 Å². The topological polar surface area (TPSA) is 78.4 Å². The van der Waals surface area contributed by atoms with E-state index in [0.29, 0.717) is 12.7 Å². The van der Waals surface area contributed by atoms with Gasteiger partial charge in [0.05, 0.1) is 0 Å². The second kappa shape index (κ2) is 6.88. The van der Waals surface area contributed by atoms with Gasteiger partial charge in [0.1, 0.15) is 0 Å². The van der Waals surface area contributed by atoms with Crippen molar-refractivity contribution in [1.29, 1.82) is 0 Å². The summed E-state index contributed by atoms with van der Waals surface area (Å²) in [6.45, 7) is 3.93. The number of carboxylic acids is 1. The molecule has 19 heavy (non-hydrogen) atoms. The highest BCUT2D eigenvalue weighted by Gasteiger charge is 2.58. The van der Waals surface area contributed by atoms with E-state index in [2.05, 4.69) is 5.32 Å². The summed E-state index contributed by atoms with van der Waals surface area (Å²) in [4.78, 5) is 22.1. The Kier molecular flexibility index (Phi) is 6.47. The van der Waals surface area contributed by atoms with E-state index in [1.807, 2.05) is 6.92 Å². The minimum atomic E-state index is -5.09. The van der Waals surface area contributed by atoms with Gasteiger partial charge in [-0.05, 0) is 19.6 Å². The van der Waals surface area contributed by atoms with Gasteiger partial charge in [0.2, 0.25) is 5.54 Å². The normalized spacial score (nSPS) is 16.3. The summed E-state index contributed by atoms with van der Waals surface area (Å²) < 4.78 is 37.9. The van der Waals surface area contributed by atoms with Crippen molar-refractivity contribution in [3.63, 3.8) is 0 Å². The molecule has 0 saturated heterocycles. The molecule has 0 aromatic carbocycles. The molecule has 0 heterocycles.